The molecule has 0 spiro atoms. The topological polar surface area (TPSA) is 45.2 Å². The van der Waals surface area contributed by atoms with Crippen molar-refractivity contribution < 1.29 is 13.6 Å². The molecule has 1 saturated heterocycles. The van der Waals surface area contributed by atoms with Gasteiger partial charge >= 0.3 is 0 Å². The molecule has 152 valence electrons. The predicted octanol–water partition coefficient (Wildman–Crippen LogP) is 1.93. The van der Waals surface area contributed by atoms with E-state index in [1.807, 2.05) is 6.92 Å². The Labute approximate surface area is 191 Å². The first kappa shape index (κ1) is 23.9. The molecule has 2 heterocycles. The maximum Gasteiger partial charge on any atom is 0.253 e. The van der Waals surface area contributed by atoms with E-state index in [1.54, 1.807) is 18.3 Å². The van der Waals surface area contributed by atoms with Gasteiger partial charge in [0.25, 0.3) is 5.91 Å². The van der Waals surface area contributed by atoms with Gasteiger partial charge in [0.15, 0.2) is 0 Å². The van der Waals surface area contributed by atoms with Gasteiger partial charge in [-0.15, -0.1) is 0 Å². The Hall–Kier alpha value is -1.79. The molecule has 11 heteroatoms. The summed E-state index contributed by atoms with van der Waals surface area (Å²) in [6.07, 6.45) is 1.43. The molecule has 4 nitrogen and oxygen atoms in total. The summed E-state index contributed by atoms with van der Waals surface area (Å²) in [5.74, 6) is -1.12. The summed E-state index contributed by atoms with van der Waals surface area (Å²) in [6, 6.07) is 7.01. The molecule has 2 aromatic rings. The van der Waals surface area contributed by atoms with Gasteiger partial charge in [-0.1, -0.05) is 17.7 Å². The van der Waals surface area contributed by atoms with Crippen LogP contribution in [0.4, 0.5) is 8.78 Å². The zero-order valence-corrected chi connectivity index (χ0v) is 17.8. The normalized spacial score (nSPS) is 21.1. The first-order valence-corrected chi connectivity index (χ1v) is 9.99. The van der Waals surface area contributed by atoms with Gasteiger partial charge in [-0.25, -0.2) is 8.78 Å². The van der Waals surface area contributed by atoms with Crippen molar-refractivity contribution in [3.63, 3.8) is 0 Å². The number of halogens is 3. The fourth-order valence-corrected chi connectivity index (χ4v) is 3.59. The Morgan fingerprint density at radius 3 is 2.61 bits per heavy atom. The van der Waals surface area contributed by atoms with E-state index >= 15 is 4.39 Å². The number of pyridine rings is 1. The summed E-state index contributed by atoms with van der Waals surface area (Å²) in [4.78, 5) is 18.2. The van der Waals surface area contributed by atoms with Crippen LogP contribution in [0.3, 0.4) is 0 Å². The number of rotatable bonds is 5. The minimum atomic E-state index is -2.11. The molecule has 8 radical (unpaired) electrons. The number of piperidine rings is 1. The van der Waals surface area contributed by atoms with E-state index in [9.17, 15) is 9.18 Å². The molecule has 0 bridgehead atoms. The van der Waals surface area contributed by atoms with Gasteiger partial charge in [0.05, 0.1) is 36.4 Å². The average Bonchev–Trinajstić information content (AvgIpc) is 2.70. The van der Waals surface area contributed by atoms with Gasteiger partial charge < -0.3 is 10.2 Å². The molecule has 1 aromatic carbocycles. The van der Waals surface area contributed by atoms with Gasteiger partial charge in [-0.2, -0.15) is 0 Å². The van der Waals surface area contributed by atoms with E-state index in [0.29, 0.717) is 5.69 Å². The Morgan fingerprint density at radius 2 is 2.03 bits per heavy atom. The van der Waals surface area contributed by atoms with E-state index in [1.165, 1.54) is 17.0 Å². The fraction of sp³-hybridized carbons (Fsp3) is 0.400. The lowest BCUT2D eigenvalue weighted by atomic mass is 9.44. The van der Waals surface area contributed by atoms with Crippen LogP contribution in [0.1, 0.15) is 28.0 Å². The third-order valence-electron chi connectivity index (χ3n) is 5.51. The molecule has 1 aliphatic heterocycles. The fourth-order valence-electron chi connectivity index (χ4n) is 3.41. The van der Waals surface area contributed by atoms with Gasteiger partial charge in [-0.05, 0) is 53.7 Å². The summed E-state index contributed by atoms with van der Waals surface area (Å²) in [6.45, 7) is 1.27. The lowest BCUT2D eigenvalue weighted by Crippen LogP contribution is -2.61. The van der Waals surface area contributed by atoms with Crippen LogP contribution in [-0.4, -0.2) is 72.5 Å². The SMILES string of the molecule is [B]C([B])(NCC1(F)CCN(C(=O)c2ccc(F)c(Cl)c2)CC1([B])[B])c1ccc(C)cn1. The smallest absolute Gasteiger partial charge is 0.253 e. The van der Waals surface area contributed by atoms with Gasteiger partial charge in [0.1, 0.15) is 11.5 Å². The summed E-state index contributed by atoms with van der Waals surface area (Å²) < 4.78 is 29.1. The van der Waals surface area contributed by atoms with Gasteiger partial charge in [0, 0.05) is 37.1 Å². The number of aromatic nitrogens is 1. The van der Waals surface area contributed by atoms with Crippen molar-refractivity contribution in [2.24, 2.45) is 0 Å². The summed E-state index contributed by atoms with van der Waals surface area (Å²) in [5, 5.41) is -0.948. The number of carbonyl (C=O) groups excluding carboxylic acids is 1. The van der Waals surface area contributed by atoms with E-state index in [-0.39, 0.29) is 36.6 Å². The van der Waals surface area contributed by atoms with Crippen LogP contribution in [0, 0.1) is 12.7 Å². The number of hydrogen-bond donors (Lipinski definition) is 1. The number of nitrogens with zero attached hydrogens (tertiary/aromatic N) is 2. The second kappa shape index (κ2) is 8.62. The summed E-state index contributed by atoms with van der Waals surface area (Å²) >= 11 is 5.75. The first-order chi connectivity index (χ1) is 14.3. The Bertz CT molecular complexity index is 977. The van der Waals surface area contributed by atoms with E-state index < -0.39 is 27.9 Å². The largest absolute Gasteiger partial charge is 0.339 e. The summed E-state index contributed by atoms with van der Waals surface area (Å²) in [7, 11) is 24.3. The molecule has 1 N–H and O–H groups in total. The van der Waals surface area contributed by atoms with Crippen molar-refractivity contribution in [3.8, 4) is 0 Å². The minimum Gasteiger partial charge on any atom is -0.339 e. The molecule has 3 rings (SSSR count). The van der Waals surface area contributed by atoms with Crippen molar-refractivity contribution in [2.45, 2.75) is 29.6 Å². The lowest BCUT2D eigenvalue weighted by molar-refractivity contribution is 0.0337. The van der Waals surface area contributed by atoms with Crippen LogP contribution >= 0.6 is 11.6 Å². The highest BCUT2D eigenvalue weighted by Crippen LogP contribution is 2.43. The first-order valence-electron chi connectivity index (χ1n) is 9.62. The van der Waals surface area contributed by atoms with Crippen LogP contribution in [0.25, 0.3) is 0 Å². The van der Waals surface area contributed by atoms with E-state index in [4.69, 9.17) is 43.0 Å². The Kier molecular flexibility index (Phi) is 6.64. The van der Waals surface area contributed by atoms with Crippen LogP contribution in [0.5, 0.6) is 0 Å². The molecule has 1 aliphatic rings. The van der Waals surface area contributed by atoms with Crippen molar-refractivity contribution >= 4 is 48.9 Å². The van der Waals surface area contributed by atoms with E-state index in [2.05, 4.69) is 10.3 Å². The van der Waals surface area contributed by atoms with Crippen LogP contribution < -0.4 is 5.32 Å². The molecule has 1 atom stereocenters. The number of alkyl halides is 1. The predicted molar refractivity (Wildman–Crippen MR) is 120 cm³/mol. The zero-order valence-electron chi connectivity index (χ0n) is 17.0. The monoisotopic (exact) mass is 433 g/mol. The highest BCUT2D eigenvalue weighted by molar-refractivity contribution is 6.41. The Balaban J connectivity index is 1.70. The number of amides is 1. The van der Waals surface area contributed by atoms with Gasteiger partial charge in [0.2, 0.25) is 0 Å². The minimum absolute atomic E-state index is 0.0348. The lowest BCUT2D eigenvalue weighted by Gasteiger charge is -2.50. The molecule has 1 amide bonds. The van der Waals surface area contributed by atoms with Crippen molar-refractivity contribution in [3.05, 3.63) is 64.2 Å². The van der Waals surface area contributed by atoms with Gasteiger partial charge in [-0.3, -0.25) is 9.78 Å². The Morgan fingerprint density at radius 1 is 1.32 bits per heavy atom. The zero-order chi connectivity index (χ0) is 23.0. The molecular weight excluding hydrogens is 415 g/mol. The van der Waals surface area contributed by atoms with Crippen LogP contribution in [0.15, 0.2) is 36.5 Å². The molecule has 0 saturated carbocycles. The average molecular weight is 433 g/mol. The quantitative estimate of drug-likeness (QED) is 0.734. The second-order valence-corrected chi connectivity index (χ2v) is 8.46. The molecular formula is C20H18B4ClF2N3O. The number of likely N-dealkylation sites (tertiary alicyclic amines) is 1. The molecule has 0 aliphatic carbocycles. The van der Waals surface area contributed by atoms with Crippen molar-refractivity contribution in [1.82, 2.24) is 15.2 Å². The van der Waals surface area contributed by atoms with Crippen molar-refractivity contribution in [2.75, 3.05) is 19.6 Å². The third kappa shape index (κ3) is 5.01. The highest BCUT2D eigenvalue weighted by atomic mass is 35.5. The molecule has 1 unspecified atom stereocenters. The third-order valence-corrected chi connectivity index (χ3v) is 5.80. The van der Waals surface area contributed by atoms with Crippen LogP contribution in [0.2, 0.25) is 10.2 Å². The van der Waals surface area contributed by atoms with E-state index in [0.717, 1.165) is 11.6 Å². The standard InChI is InChI=1S/C20H18B4ClF2N3O/c1-12-2-5-16(28-9-12)20(23,24)29-10-18(27)6-7-30(11-19(18,21)22)17(31)13-3-4-15(26)14(25)8-13/h2-5,8-9,29H,6-7,10-11H2,1H3. The second-order valence-electron chi connectivity index (χ2n) is 8.05. The highest BCUT2D eigenvalue weighted by Gasteiger charge is 2.49. The molecule has 1 aromatic heterocycles. The van der Waals surface area contributed by atoms with Crippen LogP contribution in [-0.2, 0) is 5.34 Å². The number of benzene rings is 1. The molecule has 31 heavy (non-hydrogen) atoms. The number of hydrogen-bond acceptors (Lipinski definition) is 3. The summed E-state index contributed by atoms with van der Waals surface area (Å²) in [5.41, 5.74) is -0.718. The number of aryl methyl sites for hydroxylation is 1. The molecule has 1 fully saturated rings. The number of carbonyl (C=O) groups is 1. The number of nitrogens with one attached hydrogen (secondary N) is 1. The van der Waals surface area contributed by atoms with Crippen molar-refractivity contribution in [1.29, 1.82) is 0 Å². The maximum atomic E-state index is 15.8. The maximum absolute atomic E-state index is 15.8.